The number of carbonyl (C=O) groups excluding carboxylic acids is 1. The second-order valence-corrected chi connectivity index (χ2v) is 4.56. The van der Waals surface area contributed by atoms with E-state index in [1.165, 1.54) is 11.3 Å². The molecule has 1 aromatic heterocycles. The molecule has 0 aliphatic heterocycles. The zero-order valence-electron chi connectivity index (χ0n) is 10.3. The molecule has 1 N–H and O–H groups in total. The minimum Gasteiger partial charge on any atom is -0.494 e. The Morgan fingerprint density at radius 1 is 1.39 bits per heavy atom. The van der Waals surface area contributed by atoms with Gasteiger partial charge in [0.05, 0.1) is 12.3 Å². The molecule has 0 saturated heterocycles. The van der Waals surface area contributed by atoms with Gasteiger partial charge in [-0.3, -0.25) is 10.1 Å². The highest BCUT2D eigenvalue weighted by Crippen LogP contribution is 2.17. The van der Waals surface area contributed by atoms with E-state index in [1.54, 1.807) is 24.3 Å². The van der Waals surface area contributed by atoms with Crippen molar-refractivity contribution in [3.05, 3.63) is 40.9 Å². The predicted molar refractivity (Wildman–Crippen MR) is 72.4 cm³/mol. The molecule has 18 heavy (non-hydrogen) atoms. The Morgan fingerprint density at radius 3 is 2.67 bits per heavy atom. The van der Waals surface area contributed by atoms with Crippen molar-refractivity contribution in [1.82, 2.24) is 4.98 Å². The number of carbonyl (C=O) groups is 1. The fourth-order valence-corrected chi connectivity index (χ4v) is 2.13. The molecule has 0 bridgehead atoms. The summed E-state index contributed by atoms with van der Waals surface area (Å²) in [7, 11) is 0. The van der Waals surface area contributed by atoms with Gasteiger partial charge in [0.25, 0.3) is 5.91 Å². The lowest BCUT2D eigenvalue weighted by molar-refractivity contribution is 0.102. The van der Waals surface area contributed by atoms with E-state index in [0.29, 0.717) is 17.3 Å². The van der Waals surface area contributed by atoms with Gasteiger partial charge in [-0.2, -0.15) is 0 Å². The van der Waals surface area contributed by atoms with Gasteiger partial charge in [0, 0.05) is 10.9 Å². The van der Waals surface area contributed by atoms with Gasteiger partial charge in [-0.15, -0.1) is 11.3 Å². The van der Waals surface area contributed by atoms with E-state index in [9.17, 15) is 4.79 Å². The number of aromatic nitrogens is 1. The number of ether oxygens (including phenoxy) is 1. The summed E-state index contributed by atoms with van der Waals surface area (Å²) in [5.74, 6) is 0.603. The number of hydrogen-bond donors (Lipinski definition) is 1. The van der Waals surface area contributed by atoms with Crippen LogP contribution in [0.2, 0.25) is 0 Å². The summed E-state index contributed by atoms with van der Waals surface area (Å²) in [4.78, 5) is 16.1. The summed E-state index contributed by atoms with van der Waals surface area (Å²) in [6.45, 7) is 4.43. The van der Waals surface area contributed by atoms with Gasteiger partial charge < -0.3 is 4.74 Å². The minimum atomic E-state index is -0.160. The number of anilines is 1. The molecule has 0 saturated carbocycles. The van der Waals surface area contributed by atoms with Crippen LogP contribution in [-0.2, 0) is 0 Å². The van der Waals surface area contributed by atoms with Crippen LogP contribution in [0.3, 0.4) is 0 Å². The third kappa shape index (κ3) is 3.07. The topological polar surface area (TPSA) is 51.2 Å². The minimum absolute atomic E-state index is 0.160. The Labute approximate surface area is 110 Å². The summed E-state index contributed by atoms with van der Waals surface area (Å²) in [6.07, 6.45) is 0. The summed E-state index contributed by atoms with van der Waals surface area (Å²) >= 11 is 1.42. The molecule has 94 valence electrons. The molecule has 0 atom stereocenters. The maximum Gasteiger partial charge on any atom is 0.257 e. The second-order valence-electron chi connectivity index (χ2n) is 3.71. The predicted octanol–water partition coefficient (Wildman–Crippen LogP) is 3.10. The first-order valence-electron chi connectivity index (χ1n) is 5.65. The quantitative estimate of drug-likeness (QED) is 0.921. The molecular formula is C13H14N2O2S. The van der Waals surface area contributed by atoms with Crippen LogP contribution in [0.15, 0.2) is 29.6 Å². The number of rotatable bonds is 4. The molecule has 0 radical (unpaired) electrons. The maximum absolute atomic E-state index is 11.9. The first-order chi connectivity index (χ1) is 8.69. The van der Waals surface area contributed by atoms with Gasteiger partial charge >= 0.3 is 0 Å². The molecule has 0 aliphatic carbocycles. The van der Waals surface area contributed by atoms with Crippen LogP contribution in [0.25, 0.3) is 0 Å². The van der Waals surface area contributed by atoms with Crippen LogP contribution in [0.5, 0.6) is 5.75 Å². The lowest BCUT2D eigenvalue weighted by Gasteiger charge is -2.04. The van der Waals surface area contributed by atoms with Crippen LogP contribution < -0.4 is 10.1 Å². The zero-order valence-corrected chi connectivity index (χ0v) is 11.1. The molecule has 1 amide bonds. The largest absolute Gasteiger partial charge is 0.494 e. The highest BCUT2D eigenvalue weighted by molar-refractivity contribution is 7.13. The van der Waals surface area contributed by atoms with Crippen LogP contribution in [-0.4, -0.2) is 17.5 Å². The number of hydrogen-bond acceptors (Lipinski definition) is 4. The normalized spacial score (nSPS) is 10.1. The number of benzene rings is 1. The number of aryl methyl sites for hydroxylation is 1. The Kier molecular flexibility index (Phi) is 3.94. The Bertz CT molecular complexity index is 534. The maximum atomic E-state index is 11.9. The van der Waals surface area contributed by atoms with E-state index < -0.39 is 0 Å². The van der Waals surface area contributed by atoms with Crippen LogP contribution in [0, 0.1) is 6.92 Å². The molecule has 2 aromatic rings. The molecule has 1 heterocycles. The third-order valence-electron chi connectivity index (χ3n) is 2.27. The van der Waals surface area contributed by atoms with Crippen molar-refractivity contribution < 1.29 is 9.53 Å². The number of nitrogens with one attached hydrogen (secondary N) is 1. The summed E-state index contributed by atoms with van der Waals surface area (Å²) in [6, 6.07) is 7.04. The highest BCUT2D eigenvalue weighted by Gasteiger charge is 2.08. The standard InChI is InChI=1S/C13H14N2O2S/c1-3-17-11-6-4-10(5-7-11)12(16)15-13-14-9(2)8-18-13/h4-8H,3H2,1-2H3,(H,14,15,16). The summed E-state index contributed by atoms with van der Waals surface area (Å²) in [5.41, 5.74) is 1.49. The summed E-state index contributed by atoms with van der Waals surface area (Å²) < 4.78 is 5.32. The van der Waals surface area contributed by atoms with Crippen molar-refractivity contribution in [1.29, 1.82) is 0 Å². The number of nitrogens with zero attached hydrogens (tertiary/aromatic N) is 1. The molecule has 5 heteroatoms. The Morgan fingerprint density at radius 2 is 2.11 bits per heavy atom. The molecular weight excluding hydrogens is 248 g/mol. The first-order valence-corrected chi connectivity index (χ1v) is 6.53. The van der Waals surface area contributed by atoms with Gasteiger partial charge in [0.15, 0.2) is 5.13 Å². The van der Waals surface area contributed by atoms with E-state index in [2.05, 4.69) is 10.3 Å². The van der Waals surface area contributed by atoms with Crippen molar-refractivity contribution >= 4 is 22.4 Å². The third-order valence-corrected chi connectivity index (χ3v) is 3.14. The molecule has 1 aromatic carbocycles. The SMILES string of the molecule is CCOc1ccc(C(=O)Nc2nc(C)cs2)cc1. The first kappa shape index (κ1) is 12.6. The van der Waals surface area contributed by atoms with Crippen molar-refractivity contribution in [2.24, 2.45) is 0 Å². The van der Waals surface area contributed by atoms with Crippen LogP contribution in [0.4, 0.5) is 5.13 Å². The zero-order chi connectivity index (χ0) is 13.0. The lowest BCUT2D eigenvalue weighted by Crippen LogP contribution is -2.11. The van der Waals surface area contributed by atoms with Crippen LogP contribution in [0.1, 0.15) is 23.0 Å². The average molecular weight is 262 g/mol. The van der Waals surface area contributed by atoms with Gasteiger partial charge in [-0.05, 0) is 38.1 Å². The highest BCUT2D eigenvalue weighted by atomic mass is 32.1. The van der Waals surface area contributed by atoms with Crippen molar-refractivity contribution in [2.45, 2.75) is 13.8 Å². The van der Waals surface area contributed by atoms with E-state index in [-0.39, 0.29) is 5.91 Å². The molecule has 0 spiro atoms. The van der Waals surface area contributed by atoms with Crippen molar-refractivity contribution in [3.63, 3.8) is 0 Å². The molecule has 2 rings (SSSR count). The van der Waals surface area contributed by atoms with E-state index in [1.807, 2.05) is 19.2 Å². The lowest BCUT2D eigenvalue weighted by atomic mass is 10.2. The molecule has 4 nitrogen and oxygen atoms in total. The smallest absolute Gasteiger partial charge is 0.257 e. The molecule has 0 aliphatic rings. The molecule has 0 unspecified atom stereocenters. The van der Waals surface area contributed by atoms with E-state index >= 15 is 0 Å². The van der Waals surface area contributed by atoms with Crippen LogP contribution >= 0.6 is 11.3 Å². The van der Waals surface area contributed by atoms with Gasteiger partial charge in [0.2, 0.25) is 0 Å². The van der Waals surface area contributed by atoms with Gasteiger partial charge in [-0.1, -0.05) is 0 Å². The van der Waals surface area contributed by atoms with E-state index in [0.717, 1.165) is 11.4 Å². The average Bonchev–Trinajstić information content (AvgIpc) is 2.76. The number of thiazole rings is 1. The van der Waals surface area contributed by atoms with Crippen molar-refractivity contribution in [3.8, 4) is 5.75 Å². The van der Waals surface area contributed by atoms with Gasteiger partial charge in [-0.25, -0.2) is 4.98 Å². The molecule has 0 fully saturated rings. The summed E-state index contributed by atoms with van der Waals surface area (Å²) in [5, 5.41) is 5.27. The van der Waals surface area contributed by atoms with Gasteiger partial charge in [0.1, 0.15) is 5.75 Å². The Hall–Kier alpha value is -1.88. The monoisotopic (exact) mass is 262 g/mol. The van der Waals surface area contributed by atoms with E-state index in [4.69, 9.17) is 4.74 Å². The van der Waals surface area contributed by atoms with Crippen molar-refractivity contribution in [2.75, 3.05) is 11.9 Å². The fraction of sp³-hybridized carbons (Fsp3) is 0.231. The Balaban J connectivity index is 2.04. The fourth-order valence-electron chi connectivity index (χ4n) is 1.45. The number of amides is 1. The second kappa shape index (κ2) is 5.64.